The lowest BCUT2D eigenvalue weighted by Gasteiger charge is -2.36. The van der Waals surface area contributed by atoms with E-state index in [1.54, 1.807) is 7.11 Å². The summed E-state index contributed by atoms with van der Waals surface area (Å²) in [6.45, 7) is 9.32. The molecule has 0 aliphatic carbocycles. The third-order valence-electron chi connectivity index (χ3n) is 4.31. The molecule has 1 aliphatic rings. The van der Waals surface area contributed by atoms with Crippen molar-refractivity contribution in [1.82, 2.24) is 15.1 Å². The fourth-order valence-corrected chi connectivity index (χ4v) is 2.97. The van der Waals surface area contributed by atoms with E-state index in [0.29, 0.717) is 6.04 Å². The molecule has 1 unspecified atom stereocenters. The van der Waals surface area contributed by atoms with Crippen LogP contribution in [0.25, 0.3) is 0 Å². The first-order valence-corrected chi connectivity index (χ1v) is 8.02. The number of nitrogens with one attached hydrogen (secondary N) is 1. The summed E-state index contributed by atoms with van der Waals surface area (Å²) in [5.41, 5.74) is 1.33. The Labute approximate surface area is 129 Å². The molecular formula is C17H29N3O. The number of benzene rings is 1. The van der Waals surface area contributed by atoms with E-state index in [1.807, 2.05) is 19.2 Å². The lowest BCUT2D eigenvalue weighted by Crippen LogP contribution is -2.48. The predicted octanol–water partition coefficient (Wildman–Crippen LogP) is 1.98. The van der Waals surface area contributed by atoms with Crippen molar-refractivity contribution < 1.29 is 4.74 Å². The minimum absolute atomic E-state index is 0.383. The Morgan fingerprint density at radius 3 is 2.24 bits per heavy atom. The first-order valence-electron chi connectivity index (χ1n) is 8.02. The molecule has 4 nitrogen and oxygen atoms in total. The lowest BCUT2D eigenvalue weighted by atomic mass is 10.1. The maximum atomic E-state index is 5.23. The lowest BCUT2D eigenvalue weighted by molar-refractivity contribution is 0.124. The molecular weight excluding hydrogens is 262 g/mol. The second-order valence-corrected chi connectivity index (χ2v) is 5.76. The summed E-state index contributed by atoms with van der Waals surface area (Å²) >= 11 is 0. The van der Waals surface area contributed by atoms with Crippen LogP contribution in [0.1, 0.15) is 24.9 Å². The van der Waals surface area contributed by atoms with Gasteiger partial charge in [-0.1, -0.05) is 19.1 Å². The van der Waals surface area contributed by atoms with Crippen LogP contribution < -0.4 is 10.1 Å². The van der Waals surface area contributed by atoms with Crippen molar-refractivity contribution in [2.45, 2.75) is 19.4 Å². The van der Waals surface area contributed by atoms with E-state index in [4.69, 9.17) is 4.74 Å². The van der Waals surface area contributed by atoms with Crippen LogP contribution in [0, 0.1) is 0 Å². The maximum absolute atomic E-state index is 5.23. The molecule has 1 heterocycles. The van der Waals surface area contributed by atoms with E-state index in [2.05, 4.69) is 34.2 Å². The zero-order chi connectivity index (χ0) is 15.1. The Balaban J connectivity index is 1.87. The van der Waals surface area contributed by atoms with Gasteiger partial charge >= 0.3 is 0 Å². The van der Waals surface area contributed by atoms with Crippen molar-refractivity contribution in [2.24, 2.45) is 0 Å². The number of piperazine rings is 1. The van der Waals surface area contributed by atoms with Gasteiger partial charge in [0.05, 0.1) is 7.11 Å². The standard InChI is InChI=1S/C17H29N3O/c1-4-9-19-10-12-20(13-11-19)14-17(18-2)15-5-7-16(21-3)8-6-15/h5-8,17-18H,4,9-14H2,1-3H3. The molecule has 118 valence electrons. The summed E-state index contributed by atoms with van der Waals surface area (Å²) in [6, 6.07) is 8.78. The van der Waals surface area contributed by atoms with Crippen LogP contribution >= 0.6 is 0 Å². The fourth-order valence-electron chi connectivity index (χ4n) is 2.97. The number of nitrogens with zero attached hydrogens (tertiary/aromatic N) is 2. The molecule has 1 atom stereocenters. The molecule has 0 bridgehead atoms. The quantitative estimate of drug-likeness (QED) is 0.831. The Hall–Kier alpha value is -1.10. The minimum atomic E-state index is 0.383. The Kier molecular flexibility index (Phi) is 6.49. The van der Waals surface area contributed by atoms with Gasteiger partial charge in [-0.3, -0.25) is 4.90 Å². The fraction of sp³-hybridized carbons (Fsp3) is 0.647. The largest absolute Gasteiger partial charge is 0.497 e. The summed E-state index contributed by atoms with van der Waals surface area (Å²) in [6.07, 6.45) is 1.25. The van der Waals surface area contributed by atoms with Gasteiger partial charge < -0.3 is 15.0 Å². The van der Waals surface area contributed by atoms with Gasteiger partial charge in [0.2, 0.25) is 0 Å². The van der Waals surface area contributed by atoms with Gasteiger partial charge in [0.1, 0.15) is 5.75 Å². The second-order valence-electron chi connectivity index (χ2n) is 5.76. The molecule has 2 rings (SSSR count). The number of likely N-dealkylation sites (N-methyl/N-ethyl adjacent to an activating group) is 1. The molecule has 1 N–H and O–H groups in total. The topological polar surface area (TPSA) is 27.7 Å². The summed E-state index contributed by atoms with van der Waals surface area (Å²) in [5.74, 6) is 0.918. The van der Waals surface area contributed by atoms with Gasteiger partial charge in [0.25, 0.3) is 0 Å². The molecule has 1 aliphatic heterocycles. The first-order chi connectivity index (χ1) is 10.3. The average molecular weight is 291 g/mol. The third-order valence-corrected chi connectivity index (χ3v) is 4.31. The van der Waals surface area contributed by atoms with Crippen molar-refractivity contribution in [3.8, 4) is 5.75 Å². The smallest absolute Gasteiger partial charge is 0.118 e. The highest BCUT2D eigenvalue weighted by atomic mass is 16.5. The Morgan fingerprint density at radius 2 is 1.71 bits per heavy atom. The van der Waals surface area contributed by atoms with Crippen LogP contribution in [0.2, 0.25) is 0 Å². The number of rotatable bonds is 7. The van der Waals surface area contributed by atoms with Crippen molar-refractivity contribution in [1.29, 1.82) is 0 Å². The molecule has 0 radical (unpaired) electrons. The van der Waals surface area contributed by atoms with E-state index >= 15 is 0 Å². The number of hydrogen-bond acceptors (Lipinski definition) is 4. The van der Waals surface area contributed by atoms with Crippen molar-refractivity contribution in [3.05, 3.63) is 29.8 Å². The zero-order valence-electron chi connectivity index (χ0n) is 13.6. The first kappa shape index (κ1) is 16.3. The molecule has 1 aromatic carbocycles. The van der Waals surface area contributed by atoms with Crippen LogP contribution in [-0.2, 0) is 0 Å². The number of hydrogen-bond donors (Lipinski definition) is 1. The van der Waals surface area contributed by atoms with E-state index in [9.17, 15) is 0 Å². The van der Waals surface area contributed by atoms with Crippen molar-refractivity contribution >= 4 is 0 Å². The number of ether oxygens (including phenoxy) is 1. The average Bonchev–Trinajstić information content (AvgIpc) is 2.54. The Bertz CT molecular complexity index is 399. The van der Waals surface area contributed by atoms with Crippen molar-refractivity contribution in [2.75, 3.05) is 53.4 Å². The maximum Gasteiger partial charge on any atom is 0.118 e. The highest BCUT2D eigenvalue weighted by Crippen LogP contribution is 2.19. The van der Waals surface area contributed by atoms with Gasteiger partial charge in [-0.05, 0) is 37.7 Å². The molecule has 0 amide bonds. The molecule has 1 saturated heterocycles. The monoisotopic (exact) mass is 291 g/mol. The van der Waals surface area contributed by atoms with Gasteiger partial charge in [0, 0.05) is 38.8 Å². The van der Waals surface area contributed by atoms with Crippen LogP contribution in [0.4, 0.5) is 0 Å². The SMILES string of the molecule is CCCN1CCN(CC(NC)c2ccc(OC)cc2)CC1. The highest BCUT2D eigenvalue weighted by Gasteiger charge is 2.19. The van der Waals surface area contributed by atoms with Crippen LogP contribution in [0.3, 0.4) is 0 Å². The summed E-state index contributed by atoms with van der Waals surface area (Å²) in [4.78, 5) is 5.13. The van der Waals surface area contributed by atoms with E-state index in [0.717, 1.165) is 12.3 Å². The number of methoxy groups -OCH3 is 1. The normalized spacial score (nSPS) is 18.6. The second kappa shape index (κ2) is 8.37. The van der Waals surface area contributed by atoms with Gasteiger partial charge in [0.15, 0.2) is 0 Å². The third kappa shape index (κ3) is 4.70. The molecule has 1 fully saturated rings. The van der Waals surface area contributed by atoms with E-state index < -0.39 is 0 Å². The van der Waals surface area contributed by atoms with Gasteiger partial charge in [-0.25, -0.2) is 0 Å². The van der Waals surface area contributed by atoms with Crippen LogP contribution in [0.15, 0.2) is 24.3 Å². The van der Waals surface area contributed by atoms with E-state index in [-0.39, 0.29) is 0 Å². The molecule has 4 heteroatoms. The summed E-state index contributed by atoms with van der Waals surface area (Å²) < 4.78 is 5.23. The molecule has 0 saturated carbocycles. The van der Waals surface area contributed by atoms with Gasteiger partial charge in [-0.2, -0.15) is 0 Å². The molecule has 21 heavy (non-hydrogen) atoms. The summed E-state index contributed by atoms with van der Waals surface area (Å²) in [7, 11) is 3.75. The van der Waals surface area contributed by atoms with Crippen LogP contribution in [-0.4, -0.2) is 63.2 Å². The van der Waals surface area contributed by atoms with Crippen LogP contribution in [0.5, 0.6) is 5.75 Å². The van der Waals surface area contributed by atoms with Gasteiger partial charge in [-0.15, -0.1) is 0 Å². The Morgan fingerprint density at radius 1 is 1.10 bits per heavy atom. The van der Waals surface area contributed by atoms with Crippen molar-refractivity contribution in [3.63, 3.8) is 0 Å². The molecule has 0 aromatic heterocycles. The molecule has 1 aromatic rings. The zero-order valence-corrected chi connectivity index (χ0v) is 13.6. The highest BCUT2D eigenvalue weighted by molar-refractivity contribution is 5.29. The van der Waals surface area contributed by atoms with E-state index in [1.165, 1.54) is 44.7 Å². The predicted molar refractivity (Wildman–Crippen MR) is 88.0 cm³/mol. The minimum Gasteiger partial charge on any atom is -0.497 e. The molecule has 0 spiro atoms. The summed E-state index contributed by atoms with van der Waals surface area (Å²) in [5, 5.41) is 3.44.